The first-order chi connectivity index (χ1) is 10.0. The summed E-state index contributed by atoms with van der Waals surface area (Å²) in [4.78, 5) is 3.61. The maximum Gasteiger partial charge on any atom is 0.242 e. The average Bonchev–Trinajstić information content (AvgIpc) is 3.06. The van der Waals surface area contributed by atoms with Gasteiger partial charge in [-0.1, -0.05) is 6.92 Å². The van der Waals surface area contributed by atoms with Crippen molar-refractivity contribution in [2.75, 3.05) is 26.2 Å². The van der Waals surface area contributed by atoms with E-state index in [0.717, 1.165) is 31.1 Å². The van der Waals surface area contributed by atoms with Crippen LogP contribution in [0.2, 0.25) is 0 Å². The number of nitrogens with one attached hydrogen (secondary N) is 2. The zero-order chi connectivity index (χ0) is 15.3. The highest BCUT2D eigenvalue weighted by Gasteiger charge is 2.23. The van der Waals surface area contributed by atoms with Gasteiger partial charge in [-0.15, -0.1) is 11.3 Å². The molecule has 1 aliphatic rings. The van der Waals surface area contributed by atoms with Crippen LogP contribution >= 0.6 is 11.3 Å². The number of nitrogens with zero attached hydrogens (tertiary/aromatic N) is 1. The van der Waals surface area contributed by atoms with Crippen molar-refractivity contribution in [2.45, 2.75) is 44.2 Å². The summed E-state index contributed by atoms with van der Waals surface area (Å²) >= 11 is 1.48. The fourth-order valence-corrected chi connectivity index (χ4v) is 5.30. The molecule has 1 atom stereocenters. The van der Waals surface area contributed by atoms with E-state index in [2.05, 4.69) is 14.9 Å². The molecule has 1 aromatic rings. The summed E-state index contributed by atoms with van der Waals surface area (Å²) in [6.07, 6.45) is 2.44. The predicted octanol–water partition coefficient (Wildman–Crippen LogP) is 1.62. The second kappa shape index (κ2) is 7.69. The van der Waals surface area contributed by atoms with Gasteiger partial charge in [0, 0.05) is 24.0 Å². The van der Waals surface area contributed by atoms with Gasteiger partial charge in [0.15, 0.2) is 0 Å². The fraction of sp³-hybridized carbons (Fsp3) is 0.714. The second-order valence-electron chi connectivity index (χ2n) is 5.52. The Bertz CT molecular complexity index is 536. The third kappa shape index (κ3) is 4.75. The molecule has 120 valence electrons. The number of hydrogen-bond donors (Lipinski definition) is 2. The van der Waals surface area contributed by atoms with Gasteiger partial charge in [0.1, 0.15) is 0 Å². The maximum atomic E-state index is 12.5. The normalized spacial score (nSPS) is 18.2. The molecule has 2 N–H and O–H groups in total. The zero-order valence-electron chi connectivity index (χ0n) is 12.8. The minimum atomic E-state index is -3.43. The van der Waals surface area contributed by atoms with Crippen molar-refractivity contribution in [2.24, 2.45) is 0 Å². The van der Waals surface area contributed by atoms with Crippen molar-refractivity contribution in [3.8, 4) is 0 Å². The number of likely N-dealkylation sites (tertiary alicyclic amines) is 1. The highest BCUT2D eigenvalue weighted by molar-refractivity contribution is 7.89. The van der Waals surface area contributed by atoms with Crippen molar-refractivity contribution in [3.63, 3.8) is 0 Å². The van der Waals surface area contributed by atoms with E-state index in [4.69, 9.17) is 0 Å². The largest absolute Gasteiger partial charge is 0.312 e. The van der Waals surface area contributed by atoms with Crippen molar-refractivity contribution in [1.82, 2.24) is 14.9 Å². The third-order valence-electron chi connectivity index (χ3n) is 3.62. The van der Waals surface area contributed by atoms with E-state index >= 15 is 0 Å². The smallest absolute Gasteiger partial charge is 0.242 e. The summed E-state index contributed by atoms with van der Waals surface area (Å²) in [5.74, 6) is 0. The fourth-order valence-electron chi connectivity index (χ4n) is 2.65. The van der Waals surface area contributed by atoms with E-state index in [1.54, 1.807) is 6.07 Å². The molecule has 1 aromatic heterocycles. The molecule has 0 bridgehead atoms. The Morgan fingerprint density at radius 2 is 2.10 bits per heavy atom. The second-order valence-corrected chi connectivity index (χ2v) is 8.20. The van der Waals surface area contributed by atoms with Gasteiger partial charge in [-0.05, 0) is 50.8 Å². The van der Waals surface area contributed by atoms with Crippen LogP contribution in [0.1, 0.15) is 31.6 Å². The number of thiophene rings is 1. The molecule has 0 aromatic carbocycles. The van der Waals surface area contributed by atoms with Gasteiger partial charge >= 0.3 is 0 Å². The first-order valence-corrected chi connectivity index (χ1v) is 9.91. The molecule has 2 rings (SSSR count). The van der Waals surface area contributed by atoms with Gasteiger partial charge in [-0.2, -0.15) is 0 Å². The lowest BCUT2D eigenvalue weighted by Crippen LogP contribution is -2.41. The molecule has 21 heavy (non-hydrogen) atoms. The lowest BCUT2D eigenvalue weighted by molar-refractivity contribution is 0.312. The van der Waals surface area contributed by atoms with Gasteiger partial charge in [0.05, 0.1) is 4.90 Å². The van der Waals surface area contributed by atoms with Gasteiger partial charge in [0.25, 0.3) is 0 Å². The van der Waals surface area contributed by atoms with Crippen LogP contribution in [-0.2, 0) is 16.6 Å². The van der Waals surface area contributed by atoms with E-state index in [0.29, 0.717) is 11.4 Å². The van der Waals surface area contributed by atoms with Crippen molar-refractivity contribution < 1.29 is 8.42 Å². The van der Waals surface area contributed by atoms with Crippen LogP contribution in [0.5, 0.6) is 0 Å². The standard InChI is InChI=1S/C14H25N3O2S2/c1-3-15-10-13-14(6-9-20-13)21(18,19)16-12(2)11-17-7-4-5-8-17/h6,9,12,15-16H,3-5,7-8,10-11H2,1-2H3. The first kappa shape index (κ1) is 16.9. The van der Waals surface area contributed by atoms with Crippen LogP contribution in [0.3, 0.4) is 0 Å². The van der Waals surface area contributed by atoms with E-state index in [1.807, 2.05) is 19.2 Å². The summed E-state index contributed by atoms with van der Waals surface area (Å²) in [5, 5.41) is 5.02. The molecule has 0 saturated carbocycles. The highest BCUT2D eigenvalue weighted by atomic mass is 32.2. The Hall–Kier alpha value is -0.470. The molecule has 5 nitrogen and oxygen atoms in total. The van der Waals surface area contributed by atoms with Gasteiger partial charge in [-0.3, -0.25) is 0 Å². The molecule has 1 fully saturated rings. The van der Waals surface area contributed by atoms with Gasteiger partial charge in [-0.25, -0.2) is 13.1 Å². The van der Waals surface area contributed by atoms with Crippen LogP contribution in [0.4, 0.5) is 0 Å². The topological polar surface area (TPSA) is 61.4 Å². The summed E-state index contributed by atoms with van der Waals surface area (Å²) in [7, 11) is -3.43. The minimum Gasteiger partial charge on any atom is -0.312 e. The van der Waals surface area contributed by atoms with Gasteiger partial charge in [0.2, 0.25) is 10.0 Å². The molecule has 0 aliphatic carbocycles. The average molecular weight is 332 g/mol. The number of rotatable bonds is 8. The van der Waals surface area contributed by atoms with E-state index in [9.17, 15) is 8.42 Å². The summed E-state index contributed by atoms with van der Waals surface area (Å²) < 4.78 is 27.8. The van der Waals surface area contributed by atoms with Crippen LogP contribution in [-0.4, -0.2) is 45.5 Å². The SMILES string of the molecule is CCNCc1sccc1S(=O)(=O)NC(C)CN1CCCC1. The van der Waals surface area contributed by atoms with Crippen LogP contribution in [0, 0.1) is 0 Å². The lowest BCUT2D eigenvalue weighted by atomic mass is 10.3. The van der Waals surface area contributed by atoms with Crippen LogP contribution < -0.4 is 10.0 Å². The minimum absolute atomic E-state index is 0.0695. The van der Waals surface area contributed by atoms with E-state index < -0.39 is 10.0 Å². The molecule has 1 aliphatic heterocycles. The third-order valence-corrected chi connectivity index (χ3v) is 6.34. The maximum absolute atomic E-state index is 12.5. The monoisotopic (exact) mass is 331 g/mol. The first-order valence-electron chi connectivity index (χ1n) is 7.54. The Kier molecular flexibility index (Phi) is 6.19. The lowest BCUT2D eigenvalue weighted by Gasteiger charge is -2.21. The summed E-state index contributed by atoms with van der Waals surface area (Å²) in [5.41, 5.74) is 0. The molecule has 0 amide bonds. The quantitative estimate of drug-likeness (QED) is 0.760. The van der Waals surface area contributed by atoms with E-state index in [-0.39, 0.29) is 6.04 Å². The predicted molar refractivity (Wildman–Crippen MR) is 87.2 cm³/mol. The van der Waals surface area contributed by atoms with Crippen LogP contribution in [0.25, 0.3) is 0 Å². The molecular weight excluding hydrogens is 306 g/mol. The molecule has 1 saturated heterocycles. The Morgan fingerprint density at radius 3 is 2.76 bits per heavy atom. The molecular formula is C14H25N3O2S2. The van der Waals surface area contributed by atoms with Crippen molar-refractivity contribution >= 4 is 21.4 Å². The number of hydrogen-bond acceptors (Lipinski definition) is 5. The Balaban J connectivity index is 1.98. The van der Waals surface area contributed by atoms with Crippen molar-refractivity contribution in [1.29, 1.82) is 0 Å². The van der Waals surface area contributed by atoms with Crippen molar-refractivity contribution in [3.05, 3.63) is 16.3 Å². The van der Waals surface area contributed by atoms with Gasteiger partial charge < -0.3 is 10.2 Å². The van der Waals surface area contributed by atoms with Crippen LogP contribution in [0.15, 0.2) is 16.3 Å². The molecule has 0 radical (unpaired) electrons. The Labute approximate surface area is 131 Å². The zero-order valence-corrected chi connectivity index (χ0v) is 14.4. The molecule has 7 heteroatoms. The molecule has 2 heterocycles. The highest BCUT2D eigenvalue weighted by Crippen LogP contribution is 2.22. The molecule has 0 spiro atoms. The Morgan fingerprint density at radius 1 is 1.38 bits per heavy atom. The number of sulfonamides is 1. The molecule has 1 unspecified atom stereocenters. The summed E-state index contributed by atoms with van der Waals surface area (Å²) in [6.45, 7) is 8.32. The summed E-state index contributed by atoms with van der Waals surface area (Å²) in [6, 6.07) is 1.63. The van der Waals surface area contributed by atoms with E-state index in [1.165, 1.54) is 24.2 Å².